The van der Waals surface area contributed by atoms with Gasteiger partial charge in [-0.2, -0.15) is 9.47 Å². The minimum Gasteiger partial charge on any atom is -0.438 e. The van der Waals surface area contributed by atoms with E-state index < -0.39 is 0 Å². The Bertz CT molecular complexity index is 3650. The number of carbonyl (C=O) groups is 1. The maximum Gasteiger partial charge on any atom is 0.273 e. The molecule has 9 rings (SSSR count). The predicted octanol–water partition coefficient (Wildman–Crippen LogP) is 17.5. The number of thiazole rings is 1. The van der Waals surface area contributed by atoms with E-state index in [9.17, 15) is 4.79 Å². The molecule has 0 fully saturated rings. The Kier molecular flexibility index (Phi) is 32.3. The molecule has 7 aromatic heterocycles. The monoisotopic (exact) mass is 1360 g/mol. The van der Waals surface area contributed by atoms with Crippen molar-refractivity contribution in [3.63, 3.8) is 0 Å². The fourth-order valence-electron chi connectivity index (χ4n) is 7.11. The van der Waals surface area contributed by atoms with Crippen LogP contribution in [0.3, 0.4) is 0 Å². The lowest BCUT2D eigenvalue weighted by atomic mass is 9.87. The van der Waals surface area contributed by atoms with Gasteiger partial charge < -0.3 is 22.8 Å². The van der Waals surface area contributed by atoms with Crippen molar-refractivity contribution in [3.8, 4) is 98.8 Å². The highest BCUT2D eigenvalue weighted by molar-refractivity contribution is 7.12. The Morgan fingerprint density at radius 2 is 1.12 bits per heavy atom. The van der Waals surface area contributed by atoms with Gasteiger partial charge in [-0.1, -0.05) is 168 Å². The van der Waals surface area contributed by atoms with E-state index in [-0.39, 0.29) is 54.9 Å². The smallest absolute Gasteiger partial charge is 0.273 e. The minimum absolute atomic E-state index is 0.0118. The van der Waals surface area contributed by atoms with Gasteiger partial charge in [0.15, 0.2) is 16.4 Å². The third-order valence-electron chi connectivity index (χ3n) is 13.3. The van der Waals surface area contributed by atoms with Gasteiger partial charge in [-0.3, -0.25) is 14.5 Å². The Morgan fingerprint density at radius 3 is 1.40 bits per heavy atom. The van der Waals surface area contributed by atoms with Gasteiger partial charge in [-0.05, 0) is 140 Å². The normalized spacial score (nSPS) is 12.6. The number of aromatic nitrogens is 8. The van der Waals surface area contributed by atoms with Crippen molar-refractivity contribution in [2.75, 3.05) is 13.1 Å². The number of hydrogen-bond donors (Lipinski definition) is 0. The molecule has 0 saturated carbocycles. The molecule has 15 nitrogen and oxygen atoms in total. The van der Waals surface area contributed by atoms with Crippen LogP contribution in [0.1, 0.15) is 259 Å². The molecule has 0 aliphatic carbocycles. The average Bonchev–Trinajstić information content (AvgIpc) is 1.64. The number of carbonyl (C=O) groups excluding carboxylic acids is 1. The lowest BCUT2D eigenvalue weighted by molar-refractivity contribution is -0.128. The molecular weight excluding hydrogens is 1260 g/mol. The summed E-state index contributed by atoms with van der Waals surface area (Å²) in [5, 5.41) is 12.3. The molecular formula is C81H104N10O5S2. The third-order valence-corrected chi connectivity index (χ3v) is 15.9. The predicted molar refractivity (Wildman–Crippen MR) is 404 cm³/mol. The highest BCUT2D eigenvalue weighted by atomic mass is 32.1. The van der Waals surface area contributed by atoms with Crippen molar-refractivity contribution in [3.05, 3.63) is 145 Å². The van der Waals surface area contributed by atoms with Gasteiger partial charge in [0.2, 0.25) is 5.91 Å². The molecule has 0 unspecified atom stereocenters. The second-order valence-electron chi connectivity index (χ2n) is 31.4. The Labute approximate surface area is 596 Å². The van der Waals surface area contributed by atoms with Gasteiger partial charge in [-0.15, -0.1) is 62.7 Å². The SMILES string of the molecule is C#CC1=NCC(C(C)(C)C)=C1.C#Cc1cc(C(C)(C)C)on1.C#Cc1cc(C(C)(C)C)sn1.C#Cc1ccn(C(C)(C)C)n1.C#Cc1nc(C(C)(C)C)co1.C#Cc1ncc(C(C)(C)C)o1.C#Cc1ncc(C(C)(C)C)s1.C#Cc1nocc1C(C)(C)C.CC(C)(C)N1CC=CC1=O. The van der Waals surface area contributed by atoms with Crippen LogP contribution in [0, 0.1) is 104 Å². The molecule has 2 aliphatic heterocycles. The highest BCUT2D eigenvalue weighted by Crippen LogP contribution is 2.30. The Hall–Kier alpha value is -9.59. The summed E-state index contributed by atoms with van der Waals surface area (Å²) in [6, 6.07) is 5.61. The summed E-state index contributed by atoms with van der Waals surface area (Å²) in [4.78, 5) is 31.7. The largest absolute Gasteiger partial charge is 0.438 e. The van der Waals surface area contributed by atoms with Gasteiger partial charge in [0.1, 0.15) is 41.1 Å². The second kappa shape index (κ2) is 36.7. The van der Waals surface area contributed by atoms with Gasteiger partial charge in [-0.25, -0.2) is 15.0 Å². The van der Waals surface area contributed by atoms with Crippen molar-refractivity contribution in [1.29, 1.82) is 0 Å². The van der Waals surface area contributed by atoms with Crippen molar-refractivity contribution in [1.82, 2.24) is 44.3 Å². The molecule has 98 heavy (non-hydrogen) atoms. The molecule has 0 spiro atoms. The summed E-state index contributed by atoms with van der Waals surface area (Å²) in [5.41, 5.74) is 7.17. The zero-order valence-electron chi connectivity index (χ0n) is 63.2. The summed E-state index contributed by atoms with van der Waals surface area (Å²) in [7, 11) is 0. The zero-order chi connectivity index (χ0) is 75.6. The first-order chi connectivity index (χ1) is 44.8. The van der Waals surface area contributed by atoms with E-state index in [0.717, 1.165) is 52.3 Å². The molecule has 0 saturated heterocycles. The number of amides is 1. The molecule has 0 radical (unpaired) electrons. The van der Waals surface area contributed by atoms with Gasteiger partial charge >= 0.3 is 0 Å². The molecule has 9 heterocycles. The summed E-state index contributed by atoms with van der Waals surface area (Å²) in [5.74, 6) is 22.1. The number of terminal acetylenes is 8. The lowest BCUT2D eigenvalue weighted by Gasteiger charge is -2.31. The van der Waals surface area contributed by atoms with Crippen LogP contribution >= 0.6 is 22.9 Å². The fraction of sp³-hybridized carbons (Fsp3) is 0.469. The molecule has 0 N–H and O–H groups in total. The standard InChI is InChI=1S/C10H13N.C9H12N2.4C9H11NO.2C9H11NS.C8H13NO/c1-5-9-6-8(7-11-9)10(2,3)4;1-5-8-6-7-11(10-8)9(2,3)4;1-5-8-10-7(6-11-8)9(2,3)4;1-5-8-10-6-7(11-8)9(2,3)4;1-5-8-7(6-11-10-8)9(2,3)4;1-5-7-6-8(11-10-7)9(2,3)4;1-5-8-10-6-7(11-8)9(2,3)4;1-5-7-6-8(11-10-7)9(2,3)4;1-8(2,3)9-6-4-5-7(9)10/h1,6H,7H2,2-4H3;1,6-7H,2-4H3;6*1,6H,2-4H3;4-5H,6H2,1-3H3. The number of allylic oxidation sites excluding steroid dienone is 1. The first-order valence-corrected chi connectivity index (χ1v) is 33.2. The molecule has 17 heteroatoms. The minimum atomic E-state index is -0.0272. The van der Waals surface area contributed by atoms with E-state index in [1.165, 1.54) is 26.9 Å². The van der Waals surface area contributed by atoms with E-state index in [2.05, 4.69) is 212 Å². The van der Waals surface area contributed by atoms with E-state index in [1.807, 2.05) is 109 Å². The summed E-state index contributed by atoms with van der Waals surface area (Å²) < 4.78 is 26.0. The van der Waals surface area contributed by atoms with Crippen LogP contribution < -0.4 is 0 Å². The number of rotatable bonds is 0. The number of aliphatic imine (C=N–C) groups is 1. The molecule has 1 amide bonds. The number of hydrogen-bond acceptors (Lipinski definition) is 15. The summed E-state index contributed by atoms with van der Waals surface area (Å²) in [6.45, 7) is 58.0. The van der Waals surface area contributed by atoms with E-state index in [0.29, 0.717) is 28.9 Å². The van der Waals surface area contributed by atoms with Crippen molar-refractivity contribution in [2.45, 2.75) is 231 Å². The molecule has 0 atom stereocenters. The van der Waals surface area contributed by atoms with E-state index in [4.69, 9.17) is 69.3 Å². The number of nitrogens with zero attached hydrogens (tertiary/aromatic N) is 10. The second-order valence-corrected chi connectivity index (χ2v) is 33.3. The van der Waals surface area contributed by atoms with Crippen LogP contribution in [-0.2, 0) is 42.8 Å². The molecule has 0 bridgehead atoms. The van der Waals surface area contributed by atoms with Crippen molar-refractivity contribution < 1.29 is 22.7 Å². The Morgan fingerprint density at radius 1 is 0.541 bits per heavy atom. The average molecular weight is 1360 g/mol. The van der Waals surface area contributed by atoms with Crippen molar-refractivity contribution >= 4 is 34.5 Å². The van der Waals surface area contributed by atoms with E-state index in [1.54, 1.807) is 42.2 Å². The highest BCUT2D eigenvalue weighted by Gasteiger charge is 2.27. The molecule has 520 valence electrons. The fourth-order valence-corrected chi connectivity index (χ4v) is 8.64. The van der Waals surface area contributed by atoms with Crippen LogP contribution in [0.2, 0.25) is 0 Å². The van der Waals surface area contributed by atoms with Crippen LogP contribution in [-0.4, -0.2) is 74.6 Å². The quantitative estimate of drug-likeness (QED) is 0.131. The lowest BCUT2D eigenvalue weighted by Crippen LogP contribution is -2.42. The molecule has 2 aliphatic rings. The maximum absolute atomic E-state index is 11.1. The molecule has 7 aromatic rings. The maximum atomic E-state index is 11.1. The summed E-state index contributed by atoms with van der Waals surface area (Å²) >= 11 is 3.08. The Balaban J connectivity index is 0.000000551. The first kappa shape index (κ1) is 86.4. The van der Waals surface area contributed by atoms with E-state index >= 15 is 0 Å². The van der Waals surface area contributed by atoms with Crippen LogP contribution in [0.4, 0.5) is 0 Å². The van der Waals surface area contributed by atoms with Crippen molar-refractivity contribution in [2.24, 2.45) is 10.4 Å². The number of oxazole rings is 2. The topological polar surface area (TPSA) is 180 Å². The van der Waals surface area contributed by atoms with Gasteiger partial charge in [0, 0.05) is 68.2 Å². The first-order valence-electron chi connectivity index (χ1n) is 31.6. The molecule has 0 aromatic carbocycles. The van der Waals surface area contributed by atoms with Crippen LogP contribution in [0.15, 0.2) is 96.0 Å². The van der Waals surface area contributed by atoms with Gasteiger partial charge in [0.05, 0.1) is 24.0 Å². The van der Waals surface area contributed by atoms with Crippen LogP contribution in [0.25, 0.3) is 0 Å². The van der Waals surface area contributed by atoms with Gasteiger partial charge in [0.25, 0.3) is 11.8 Å². The zero-order valence-corrected chi connectivity index (χ0v) is 64.8. The third kappa shape index (κ3) is 30.6. The summed E-state index contributed by atoms with van der Waals surface area (Å²) in [6.07, 6.45) is 55.5. The van der Waals surface area contributed by atoms with Crippen LogP contribution in [0.5, 0.6) is 0 Å².